The largest absolute Gasteiger partial charge is 0.261 e. The molecule has 0 bridgehead atoms. The van der Waals surface area contributed by atoms with E-state index in [4.69, 9.17) is 0 Å². The van der Waals surface area contributed by atoms with Crippen LogP contribution in [-0.2, 0) is 19.5 Å². The molecule has 2 nitrogen and oxygen atoms in total. The van der Waals surface area contributed by atoms with E-state index in [1.54, 1.807) is 0 Å². The second kappa shape index (κ2) is 11.5. The fourth-order valence-electron chi connectivity index (χ4n) is 3.85. The lowest BCUT2D eigenvalue weighted by Gasteiger charge is -2.07. The summed E-state index contributed by atoms with van der Waals surface area (Å²) in [4.78, 5) is 0. The lowest BCUT2D eigenvalue weighted by atomic mass is 10.1. The lowest BCUT2D eigenvalue weighted by molar-refractivity contribution is -0.703. The second-order valence-corrected chi connectivity index (χ2v) is 7.80. The van der Waals surface area contributed by atoms with Gasteiger partial charge >= 0.3 is 0 Å². The molecule has 0 fully saturated rings. The van der Waals surface area contributed by atoms with Crippen LogP contribution in [0.25, 0.3) is 0 Å². The molecule has 0 aliphatic carbocycles. The van der Waals surface area contributed by atoms with Crippen molar-refractivity contribution < 1.29 is 4.57 Å². The van der Waals surface area contributed by atoms with E-state index >= 15 is 0 Å². The van der Waals surface area contributed by atoms with Crippen molar-refractivity contribution in [3.05, 3.63) is 90.0 Å². The number of nitrogens with zero attached hydrogens (tertiary/aromatic N) is 2. The predicted molar refractivity (Wildman–Crippen MR) is 117 cm³/mol. The Morgan fingerprint density at radius 3 is 2.00 bits per heavy atom. The Hall–Kier alpha value is -2.35. The standard InChI is InChI=1S/C26H35N2/c1-2-3-4-5-6-7-14-19-27-20-21-28(23-25-17-12-9-13-18-25)26(27)22-24-15-10-8-11-16-24/h8-13,15-18,20-21H,2-7,14,19,22-23H2,1H3/q+1. The Kier molecular flexibility index (Phi) is 8.36. The van der Waals surface area contributed by atoms with E-state index in [0.717, 1.165) is 19.5 Å². The van der Waals surface area contributed by atoms with E-state index in [1.807, 2.05) is 0 Å². The molecule has 1 heterocycles. The monoisotopic (exact) mass is 375 g/mol. The Morgan fingerprint density at radius 2 is 1.32 bits per heavy atom. The quantitative estimate of drug-likeness (QED) is 0.264. The minimum absolute atomic E-state index is 0.938. The van der Waals surface area contributed by atoms with Gasteiger partial charge in [-0.2, -0.15) is 0 Å². The van der Waals surface area contributed by atoms with Crippen LogP contribution in [0.3, 0.4) is 0 Å². The van der Waals surface area contributed by atoms with Crippen LogP contribution in [-0.4, -0.2) is 4.57 Å². The number of benzene rings is 2. The van der Waals surface area contributed by atoms with Gasteiger partial charge in [0.1, 0.15) is 18.9 Å². The third-order valence-electron chi connectivity index (χ3n) is 5.49. The average molecular weight is 376 g/mol. The maximum absolute atomic E-state index is 2.47. The average Bonchev–Trinajstić information content (AvgIpc) is 3.10. The first kappa shape index (κ1) is 20.4. The molecule has 2 heteroatoms. The van der Waals surface area contributed by atoms with Gasteiger partial charge in [-0.1, -0.05) is 99.7 Å². The normalized spacial score (nSPS) is 11.0. The minimum Gasteiger partial charge on any atom is -0.234 e. The summed E-state index contributed by atoms with van der Waals surface area (Å²) in [5.74, 6) is 1.40. The molecular weight excluding hydrogens is 340 g/mol. The van der Waals surface area contributed by atoms with Crippen molar-refractivity contribution in [3.8, 4) is 0 Å². The molecule has 0 saturated heterocycles. The van der Waals surface area contributed by atoms with Crippen molar-refractivity contribution in [2.24, 2.45) is 0 Å². The molecule has 0 saturated carbocycles. The number of hydrogen-bond acceptors (Lipinski definition) is 0. The summed E-state index contributed by atoms with van der Waals surface area (Å²) < 4.78 is 4.89. The Morgan fingerprint density at radius 1 is 0.714 bits per heavy atom. The van der Waals surface area contributed by atoms with Crippen LogP contribution in [0.5, 0.6) is 0 Å². The summed E-state index contributed by atoms with van der Waals surface area (Å²) in [6.45, 7) is 4.34. The fraction of sp³-hybridized carbons (Fsp3) is 0.423. The van der Waals surface area contributed by atoms with Crippen molar-refractivity contribution in [3.63, 3.8) is 0 Å². The molecule has 28 heavy (non-hydrogen) atoms. The molecule has 3 rings (SSSR count). The first-order valence-corrected chi connectivity index (χ1v) is 11.0. The molecule has 0 unspecified atom stereocenters. The van der Waals surface area contributed by atoms with E-state index in [-0.39, 0.29) is 0 Å². The SMILES string of the molecule is CCCCCCCCC[n+]1ccn(Cc2ccccc2)c1Cc1ccccc1. The number of unbranched alkanes of at least 4 members (excludes halogenated alkanes) is 6. The molecule has 0 spiro atoms. The number of imidazole rings is 1. The summed E-state index contributed by atoms with van der Waals surface area (Å²) in [5, 5.41) is 0. The van der Waals surface area contributed by atoms with Crippen LogP contribution in [0.1, 0.15) is 68.8 Å². The molecule has 0 aliphatic rings. The van der Waals surface area contributed by atoms with Crippen molar-refractivity contribution in [1.82, 2.24) is 4.57 Å². The van der Waals surface area contributed by atoms with Gasteiger partial charge in [-0.05, 0) is 24.0 Å². The molecule has 148 valence electrons. The van der Waals surface area contributed by atoms with Gasteiger partial charge in [-0.25, -0.2) is 9.13 Å². The van der Waals surface area contributed by atoms with E-state index in [2.05, 4.69) is 89.1 Å². The van der Waals surface area contributed by atoms with Gasteiger partial charge in [-0.15, -0.1) is 0 Å². The van der Waals surface area contributed by atoms with Crippen LogP contribution in [0.15, 0.2) is 73.1 Å². The van der Waals surface area contributed by atoms with E-state index in [0.29, 0.717) is 0 Å². The van der Waals surface area contributed by atoms with Crippen molar-refractivity contribution in [1.29, 1.82) is 0 Å². The summed E-state index contributed by atoms with van der Waals surface area (Å²) in [6, 6.07) is 21.6. The molecule has 1 aromatic heterocycles. The zero-order chi connectivity index (χ0) is 19.4. The molecule has 2 aromatic carbocycles. The number of rotatable bonds is 12. The highest BCUT2D eigenvalue weighted by Gasteiger charge is 2.17. The summed E-state index contributed by atoms with van der Waals surface area (Å²) in [7, 11) is 0. The Balaban J connectivity index is 1.65. The van der Waals surface area contributed by atoms with Gasteiger partial charge in [-0.3, -0.25) is 0 Å². The van der Waals surface area contributed by atoms with E-state index in [9.17, 15) is 0 Å². The van der Waals surface area contributed by atoms with Gasteiger partial charge in [0, 0.05) is 0 Å². The molecule has 0 N–H and O–H groups in total. The smallest absolute Gasteiger partial charge is 0.234 e. The maximum Gasteiger partial charge on any atom is 0.261 e. The van der Waals surface area contributed by atoms with Crippen molar-refractivity contribution in [2.45, 2.75) is 71.4 Å². The molecular formula is C26H35N2+. The highest BCUT2D eigenvalue weighted by atomic mass is 15.1. The van der Waals surface area contributed by atoms with E-state index < -0.39 is 0 Å². The van der Waals surface area contributed by atoms with Crippen molar-refractivity contribution >= 4 is 0 Å². The van der Waals surface area contributed by atoms with Crippen LogP contribution in [0, 0.1) is 0 Å². The molecule has 0 amide bonds. The van der Waals surface area contributed by atoms with Gasteiger partial charge in [0.2, 0.25) is 0 Å². The third kappa shape index (κ3) is 6.37. The van der Waals surface area contributed by atoms with Crippen LogP contribution in [0.2, 0.25) is 0 Å². The van der Waals surface area contributed by atoms with Crippen LogP contribution in [0.4, 0.5) is 0 Å². The van der Waals surface area contributed by atoms with Crippen LogP contribution < -0.4 is 4.57 Å². The second-order valence-electron chi connectivity index (χ2n) is 7.80. The summed E-state index contributed by atoms with van der Waals surface area (Å²) in [6.07, 6.45) is 15.0. The topological polar surface area (TPSA) is 8.81 Å². The first-order chi connectivity index (χ1) is 13.9. The maximum atomic E-state index is 2.47. The zero-order valence-electron chi connectivity index (χ0n) is 17.4. The summed E-state index contributed by atoms with van der Waals surface area (Å²) in [5.41, 5.74) is 2.74. The van der Waals surface area contributed by atoms with Gasteiger partial charge < -0.3 is 0 Å². The fourth-order valence-corrected chi connectivity index (χ4v) is 3.85. The third-order valence-corrected chi connectivity index (χ3v) is 5.49. The van der Waals surface area contributed by atoms with Gasteiger partial charge in [0.05, 0.1) is 13.0 Å². The minimum atomic E-state index is 0.938. The molecule has 0 atom stereocenters. The van der Waals surface area contributed by atoms with Crippen LogP contribution >= 0.6 is 0 Å². The van der Waals surface area contributed by atoms with Gasteiger partial charge in [0.15, 0.2) is 0 Å². The zero-order valence-corrected chi connectivity index (χ0v) is 17.4. The number of aryl methyl sites for hydroxylation is 1. The van der Waals surface area contributed by atoms with Crippen molar-refractivity contribution in [2.75, 3.05) is 0 Å². The Bertz CT molecular complexity index is 790. The van der Waals surface area contributed by atoms with Gasteiger partial charge in [0.25, 0.3) is 5.82 Å². The molecule has 0 aliphatic heterocycles. The number of aromatic nitrogens is 2. The molecule has 3 aromatic rings. The molecule has 0 radical (unpaired) electrons. The highest BCUT2D eigenvalue weighted by molar-refractivity contribution is 5.19. The van der Waals surface area contributed by atoms with E-state index in [1.165, 1.54) is 61.9 Å². The highest BCUT2D eigenvalue weighted by Crippen LogP contribution is 2.11. The Labute approximate surface area is 170 Å². The first-order valence-electron chi connectivity index (χ1n) is 11.0. The predicted octanol–water partition coefficient (Wildman–Crippen LogP) is 6.17. The summed E-state index contributed by atoms with van der Waals surface area (Å²) >= 11 is 0. The lowest BCUT2D eigenvalue weighted by Crippen LogP contribution is -2.37. The number of hydrogen-bond donors (Lipinski definition) is 0.